The molecule has 10 heteroatoms. The maximum Gasteiger partial charge on any atom is 0.256 e. The molecular formula is C38H51ClN4O5. The fraction of sp³-hybridized carbons (Fsp3) is 0.474. The van der Waals surface area contributed by atoms with Crippen LogP contribution < -0.4 is 30.7 Å². The Morgan fingerprint density at radius 3 is 2.48 bits per heavy atom. The van der Waals surface area contributed by atoms with Crippen molar-refractivity contribution in [2.45, 2.75) is 65.1 Å². The fourth-order valence-corrected chi connectivity index (χ4v) is 5.97. The average molecular weight is 679 g/mol. The quantitative estimate of drug-likeness (QED) is 0.149. The molecule has 9 nitrogen and oxygen atoms in total. The normalized spacial score (nSPS) is 16.3. The van der Waals surface area contributed by atoms with E-state index >= 15 is 0 Å². The Morgan fingerprint density at radius 2 is 1.75 bits per heavy atom. The number of nitrogens with zero attached hydrogens (tertiary/aromatic N) is 1. The van der Waals surface area contributed by atoms with Gasteiger partial charge in [0.15, 0.2) is 11.5 Å². The fourth-order valence-electron chi connectivity index (χ4n) is 5.79. The summed E-state index contributed by atoms with van der Waals surface area (Å²) in [6, 6.07) is 21.6. The molecule has 0 saturated carbocycles. The van der Waals surface area contributed by atoms with Gasteiger partial charge in [0.25, 0.3) is 5.91 Å². The predicted molar refractivity (Wildman–Crippen MR) is 192 cm³/mol. The highest BCUT2D eigenvalue weighted by atomic mass is 35.5. The minimum Gasteiger partial charge on any atom is -0.492 e. The number of para-hydroxylation sites is 1. The maximum atomic E-state index is 14.2. The lowest BCUT2D eigenvalue weighted by atomic mass is 9.94. The summed E-state index contributed by atoms with van der Waals surface area (Å²) in [4.78, 5) is 28.9. The van der Waals surface area contributed by atoms with E-state index in [4.69, 9.17) is 31.5 Å². The first-order valence-corrected chi connectivity index (χ1v) is 17.3. The second-order valence-corrected chi connectivity index (χ2v) is 13.7. The Balaban J connectivity index is 1.54. The van der Waals surface area contributed by atoms with Gasteiger partial charge < -0.3 is 35.5 Å². The molecule has 3 aromatic rings. The van der Waals surface area contributed by atoms with Crippen LogP contribution in [0.5, 0.6) is 11.5 Å². The van der Waals surface area contributed by atoms with Gasteiger partial charge in [0.05, 0.1) is 20.1 Å². The van der Waals surface area contributed by atoms with Gasteiger partial charge in [0.2, 0.25) is 5.91 Å². The Kier molecular flexibility index (Phi) is 14.1. The van der Waals surface area contributed by atoms with Crippen molar-refractivity contribution >= 4 is 29.1 Å². The molecule has 1 aliphatic rings. The molecule has 1 aliphatic heterocycles. The van der Waals surface area contributed by atoms with Crippen molar-refractivity contribution in [1.82, 2.24) is 10.6 Å². The zero-order valence-corrected chi connectivity index (χ0v) is 29.5. The Labute approximate surface area is 290 Å². The molecule has 0 fully saturated rings. The molecule has 48 heavy (non-hydrogen) atoms. The van der Waals surface area contributed by atoms with E-state index in [1.807, 2.05) is 36.4 Å². The number of hydrogen-bond donors (Lipinski definition) is 3. The number of anilines is 1. The Hall–Kier alpha value is -3.63. The van der Waals surface area contributed by atoms with Gasteiger partial charge in [-0.15, -0.1) is 0 Å². The van der Waals surface area contributed by atoms with Crippen LogP contribution in [0.2, 0.25) is 5.02 Å². The maximum absolute atomic E-state index is 14.2. The molecule has 2 amide bonds. The monoisotopic (exact) mass is 678 g/mol. The van der Waals surface area contributed by atoms with Crippen molar-refractivity contribution in [3.8, 4) is 11.5 Å². The molecule has 2 unspecified atom stereocenters. The second-order valence-electron chi connectivity index (χ2n) is 13.3. The Bertz CT molecular complexity index is 1480. The summed E-state index contributed by atoms with van der Waals surface area (Å²) in [7, 11) is 1.59. The topological polar surface area (TPSA) is 115 Å². The van der Waals surface area contributed by atoms with Crippen LogP contribution in [-0.4, -0.2) is 64.4 Å². The molecule has 0 saturated heterocycles. The number of rotatable bonds is 17. The highest BCUT2D eigenvalue weighted by Crippen LogP contribution is 2.45. The van der Waals surface area contributed by atoms with Crippen molar-refractivity contribution in [1.29, 1.82) is 0 Å². The number of methoxy groups -OCH3 is 1. The first-order chi connectivity index (χ1) is 23.1. The first-order valence-electron chi connectivity index (χ1n) is 16.9. The van der Waals surface area contributed by atoms with Crippen LogP contribution in [0.25, 0.3) is 0 Å². The summed E-state index contributed by atoms with van der Waals surface area (Å²) in [5.74, 6) is 0.516. The number of carbonyl (C=O) groups excluding carboxylic acids is 2. The number of hydrogen-bond acceptors (Lipinski definition) is 7. The second kappa shape index (κ2) is 18.2. The van der Waals surface area contributed by atoms with Crippen molar-refractivity contribution < 1.29 is 23.8 Å². The van der Waals surface area contributed by atoms with E-state index < -0.39 is 12.2 Å². The summed E-state index contributed by atoms with van der Waals surface area (Å²) in [6.07, 6.45) is 1.61. The van der Waals surface area contributed by atoms with Gasteiger partial charge in [-0.2, -0.15) is 0 Å². The molecule has 1 heterocycles. The van der Waals surface area contributed by atoms with E-state index in [0.29, 0.717) is 66.0 Å². The molecule has 0 spiro atoms. The van der Waals surface area contributed by atoms with Gasteiger partial charge in [-0.05, 0) is 80.6 Å². The number of carbonyl (C=O) groups is 2. The van der Waals surface area contributed by atoms with E-state index in [-0.39, 0.29) is 23.7 Å². The number of nitrogens with one attached hydrogen (secondary N) is 2. The summed E-state index contributed by atoms with van der Waals surface area (Å²) >= 11 is 6.56. The first kappa shape index (κ1) is 37.2. The molecule has 3 aromatic carbocycles. The number of fused-ring (bicyclic) bond motifs is 1. The standard InChI is InChI=1S/C38H51ClN4O5/c1-38(2,3)26-43-31-18-17-28(39)24-30(31)35(48-33(37(43)45)25-34(44)42-22-10-19-40)29-15-8-16-32(36(29)46-4)47-23-11-21-41-20-9-14-27-12-6-5-7-13-27/h5-8,12-13,15-18,24,33,35,41H,9-11,14,19-23,25-26,40H2,1-4H3,(H,42,44). The van der Waals surface area contributed by atoms with Crippen molar-refractivity contribution in [2.75, 3.05) is 51.3 Å². The van der Waals surface area contributed by atoms with Crippen LogP contribution in [0.4, 0.5) is 5.69 Å². The zero-order chi connectivity index (χ0) is 34.5. The zero-order valence-electron chi connectivity index (χ0n) is 28.7. The molecule has 4 N–H and O–H groups in total. The lowest BCUT2D eigenvalue weighted by molar-refractivity contribution is -0.138. The third-order valence-corrected chi connectivity index (χ3v) is 8.26. The smallest absolute Gasteiger partial charge is 0.256 e. The van der Waals surface area contributed by atoms with Crippen LogP contribution in [0.1, 0.15) is 69.2 Å². The molecule has 0 radical (unpaired) electrons. The van der Waals surface area contributed by atoms with Crippen LogP contribution in [0, 0.1) is 5.41 Å². The number of halogens is 1. The number of benzene rings is 3. The van der Waals surface area contributed by atoms with Gasteiger partial charge in [-0.1, -0.05) is 74.8 Å². The van der Waals surface area contributed by atoms with E-state index in [1.165, 1.54) is 5.56 Å². The van der Waals surface area contributed by atoms with Gasteiger partial charge in [0.1, 0.15) is 12.2 Å². The molecule has 4 rings (SSSR count). The van der Waals surface area contributed by atoms with Crippen molar-refractivity contribution in [3.05, 3.63) is 88.4 Å². The van der Waals surface area contributed by atoms with E-state index in [0.717, 1.165) is 32.4 Å². The minimum atomic E-state index is -1.05. The predicted octanol–water partition coefficient (Wildman–Crippen LogP) is 6.06. The minimum absolute atomic E-state index is 0.140. The van der Waals surface area contributed by atoms with Gasteiger partial charge in [-0.25, -0.2) is 0 Å². The van der Waals surface area contributed by atoms with Gasteiger partial charge in [-0.3, -0.25) is 9.59 Å². The largest absolute Gasteiger partial charge is 0.492 e. The molecule has 0 bridgehead atoms. The third kappa shape index (κ3) is 10.7. The molecule has 0 aromatic heterocycles. The van der Waals surface area contributed by atoms with Gasteiger partial charge >= 0.3 is 0 Å². The SMILES string of the molecule is COc1c(OCCCNCCCc2ccccc2)cccc1C1OC(CC(=O)NCCCN)C(=O)N(CC(C)(C)C)c2ccc(Cl)cc21. The summed E-state index contributed by atoms with van der Waals surface area (Å²) in [5, 5.41) is 6.87. The van der Waals surface area contributed by atoms with Crippen molar-refractivity contribution in [2.24, 2.45) is 11.1 Å². The lowest BCUT2D eigenvalue weighted by Gasteiger charge is -2.31. The molecule has 260 valence electrons. The van der Waals surface area contributed by atoms with Crippen LogP contribution in [-0.2, 0) is 20.7 Å². The van der Waals surface area contributed by atoms with Gasteiger partial charge in [0, 0.05) is 34.9 Å². The highest BCUT2D eigenvalue weighted by molar-refractivity contribution is 6.30. The summed E-state index contributed by atoms with van der Waals surface area (Å²) in [5.41, 5.74) is 8.79. The summed E-state index contributed by atoms with van der Waals surface area (Å²) in [6.45, 7) is 9.76. The molecular weight excluding hydrogens is 628 g/mol. The number of ether oxygens (including phenoxy) is 3. The average Bonchev–Trinajstić information content (AvgIpc) is 3.16. The number of aryl methyl sites for hydroxylation is 1. The van der Waals surface area contributed by atoms with E-state index in [1.54, 1.807) is 18.1 Å². The van der Waals surface area contributed by atoms with E-state index in [9.17, 15) is 9.59 Å². The molecule has 0 aliphatic carbocycles. The van der Waals surface area contributed by atoms with E-state index in [2.05, 4.69) is 55.7 Å². The third-order valence-electron chi connectivity index (χ3n) is 8.02. The number of nitrogens with two attached hydrogens (primary N) is 1. The number of amides is 2. The van der Waals surface area contributed by atoms with Crippen LogP contribution in [0.15, 0.2) is 66.7 Å². The van der Waals surface area contributed by atoms with Crippen molar-refractivity contribution in [3.63, 3.8) is 0 Å². The van der Waals surface area contributed by atoms with Crippen LogP contribution >= 0.6 is 11.6 Å². The highest BCUT2D eigenvalue weighted by Gasteiger charge is 2.40. The Morgan fingerprint density at radius 1 is 0.979 bits per heavy atom. The lowest BCUT2D eigenvalue weighted by Crippen LogP contribution is -2.45. The molecule has 2 atom stereocenters. The van der Waals surface area contributed by atoms with Crippen LogP contribution in [0.3, 0.4) is 0 Å². The summed E-state index contributed by atoms with van der Waals surface area (Å²) < 4.78 is 18.8.